The van der Waals surface area contributed by atoms with Crippen LogP contribution in [0.1, 0.15) is 10.4 Å². The number of carbonyl (C=O) groups excluding carboxylic acids is 1. The van der Waals surface area contributed by atoms with Gasteiger partial charge in [0.15, 0.2) is 10.8 Å². The molecule has 1 rings (SSSR count). The van der Waals surface area contributed by atoms with Gasteiger partial charge in [-0.1, -0.05) is 27.3 Å². The SMILES string of the molecule is NS(=O)(=O)c1sc(OSO)cc1C(=O)CBr. The van der Waals surface area contributed by atoms with Crippen LogP contribution in [0.5, 0.6) is 5.06 Å². The van der Waals surface area contributed by atoms with Crippen molar-refractivity contribution in [3.63, 3.8) is 0 Å². The molecule has 3 N–H and O–H groups in total. The van der Waals surface area contributed by atoms with Gasteiger partial charge in [-0.05, 0) is 0 Å². The van der Waals surface area contributed by atoms with E-state index < -0.39 is 15.8 Å². The Kier molecular flexibility index (Phi) is 4.76. The molecule has 0 aromatic carbocycles. The Morgan fingerprint density at radius 3 is 2.75 bits per heavy atom. The molecule has 0 bridgehead atoms. The fraction of sp³-hybridized carbons (Fsp3) is 0.167. The first-order chi connectivity index (χ1) is 7.40. The molecule has 1 heterocycles. The Bertz CT molecular complexity index is 496. The van der Waals surface area contributed by atoms with Gasteiger partial charge in [0.05, 0.1) is 10.9 Å². The summed E-state index contributed by atoms with van der Waals surface area (Å²) < 4.78 is 35.2. The van der Waals surface area contributed by atoms with Crippen molar-refractivity contribution in [1.29, 1.82) is 0 Å². The highest BCUT2D eigenvalue weighted by atomic mass is 79.9. The van der Waals surface area contributed by atoms with Gasteiger partial charge in [0.25, 0.3) is 0 Å². The molecule has 0 spiro atoms. The second-order valence-corrected chi connectivity index (χ2v) is 6.17. The normalized spacial score (nSPS) is 11.4. The van der Waals surface area contributed by atoms with Crippen molar-refractivity contribution in [3.05, 3.63) is 11.6 Å². The number of halogens is 1. The highest BCUT2D eigenvalue weighted by molar-refractivity contribution is 9.09. The van der Waals surface area contributed by atoms with E-state index in [4.69, 9.17) is 9.69 Å². The molecule has 0 unspecified atom stereocenters. The fourth-order valence-corrected chi connectivity index (χ4v) is 3.39. The summed E-state index contributed by atoms with van der Waals surface area (Å²) in [6, 6.07) is 1.22. The summed E-state index contributed by atoms with van der Waals surface area (Å²) in [4.78, 5) is 11.4. The van der Waals surface area contributed by atoms with E-state index in [0.717, 1.165) is 0 Å². The molecule has 1 aromatic heterocycles. The molecular formula is C6H6BrNO5S3. The van der Waals surface area contributed by atoms with E-state index in [2.05, 4.69) is 20.1 Å². The molecule has 1 aromatic rings. The molecular weight excluding hydrogens is 342 g/mol. The van der Waals surface area contributed by atoms with Crippen LogP contribution >= 0.6 is 39.6 Å². The average molecular weight is 348 g/mol. The Labute approximate surface area is 108 Å². The minimum atomic E-state index is -3.98. The first kappa shape index (κ1) is 13.9. The third-order valence-electron chi connectivity index (χ3n) is 1.47. The van der Waals surface area contributed by atoms with E-state index in [1.165, 1.54) is 6.07 Å². The van der Waals surface area contributed by atoms with Crippen LogP contribution in [0.4, 0.5) is 0 Å². The smallest absolute Gasteiger partial charge is 0.248 e. The van der Waals surface area contributed by atoms with Crippen molar-refractivity contribution in [2.24, 2.45) is 5.14 Å². The van der Waals surface area contributed by atoms with Crippen LogP contribution < -0.4 is 9.32 Å². The highest BCUT2D eigenvalue weighted by Crippen LogP contribution is 2.34. The number of rotatable bonds is 5. The summed E-state index contributed by atoms with van der Waals surface area (Å²) in [5, 5.41) is 5.00. The molecule has 0 fully saturated rings. The molecule has 0 aliphatic rings. The Morgan fingerprint density at radius 2 is 2.31 bits per heavy atom. The molecule has 0 amide bonds. The number of ketones is 1. The van der Waals surface area contributed by atoms with Crippen molar-refractivity contribution < 1.29 is 21.9 Å². The second-order valence-electron chi connectivity index (χ2n) is 2.53. The summed E-state index contributed by atoms with van der Waals surface area (Å²) in [6.07, 6.45) is 0. The Balaban J connectivity index is 3.29. The van der Waals surface area contributed by atoms with Crippen molar-refractivity contribution in [1.82, 2.24) is 0 Å². The van der Waals surface area contributed by atoms with E-state index in [1.54, 1.807) is 0 Å². The van der Waals surface area contributed by atoms with Gasteiger partial charge in [-0.2, -0.15) is 0 Å². The molecule has 10 heteroatoms. The molecule has 0 aliphatic carbocycles. The van der Waals surface area contributed by atoms with E-state index in [1.807, 2.05) is 0 Å². The lowest BCUT2D eigenvalue weighted by Gasteiger charge is -1.96. The number of primary sulfonamides is 1. The van der Waals surface area contributed by atoms with Crippen LogP contribution in [-0.4, -0.2) is 24.1 Å². The molecule has 0 atom stereocenters. The Morgan fingerprint density at radius 1 is 1.69 bits per heavy atom. The first-order valence-corrected chi connectivity index (χ1v) is 7.82. The standard InChI is InChI=1S/C6H6BrNO5S3/c7-2-4(9)3-1-5(13-15-10)14-6(3)16(8,11)12/h1,10H,2H2,(H2,8,11,12). The summed E-state index contributed by atoms with van der Waals surface area (Å²) in [7, 11) is -3.98. The molecule has 90 valence electrons. The van der Waals surface area contributed by atoms with Crippen LogP contribution in [0.15, 0.2) is 10.3 Å². The zero-order chi connectivity index (χ0) is 12.3. The van der Waals surface area contributed by atoms with Gasteiger partial charge in [0.1, 0.15) is 4.21 Å². The third kappa shape index (κ3) is 3.18. The van der Waals surface area contributed by atoms with Gasteiger partial charge >= 0.3 is 0 Å². The second kappa shape index (κ2) is 5.47. The quantitative estimate of drug-likeness (QED) is 0.474. The minimum Gasteiger partial charge on any atom is -0.389 e. The minimum absolute atomic E-state index is 0.0298. The largest absolute Gasteiger partial charge is 0.389 e. The van der Waals surface area contributed by atoms with E-state index in [-0.39, 0.29) is 32.5 Å². The molecule has 0 saturated heterocycles. The van der Waals surface area contributed by atoms with Crippen molar-refractivity contribution in [3.8, 4) is 5.06 Å². The van der Waals surface area contributed by atoms with E-state index in [9.17, 15) is 13.2 Å². The number of hydrogen-bond acceptors (Lipinski definition) is 7. The van der Waals surface area contributed by atoms with Crippen LogP contribution in [0.3, 0.4) is 0 Å². The zero-order valence-corrected chi connectivity index (χ0v) is 11.6. The maximum absolute atomic E-state index is 11.4. The van der Waals surface area contributed by atoms with Gasteiger partial charge in [0, 0.05) is 6.07 Å². The third-order valence-corrected chi connectivity index (χ3v) is 4.84. The van der Waals surface area contributed by atoms with Crippen molar-refractivity contribution in [2.45, 2.75) is 4.21 Å². The number of hydrogen-bond donors (Lipinski definition) is 2. The number of nitrogens with two attached hydrogens (primary N) is 1. The number of carbonyl (C=O) groups is 1. The molecule has 0 saturated carbocycles. The molecule has 6 nitrogen and oxygen atoms in total. The lowest BCUT2D eigenvalue weighted by atomic mass is 10.2. The average Bonchev–Trinajstić information content (AvgIpc) is 2.61. The molecule has 0 radical (unpaired) electrons. The number of Topliss-reactive ketones (excluding diaryl/α,β-unsaturated/α-hetero) is 1. The van der Waals surface area contributed by atoms with Crippen molar-refractivity contribution in [2.75, 3.05) is 5.33 Å². The van der Waals surface area contributed by atoms with Crippen LogP contribution in [0, 0.1) is 0 Å². The fourth-order valence-electron chi connectivity index (χ4n) is 0.908. The summed E-state index contributed by atoms with van der Waals surface area (Å²) in [6.45, 7) is 0. The first-order valence-electron chi connectivity index (χ1n) is 3.64. The van der Waals surface area contributed by atoms with Gasteiger partial charge < -0.3 is 4.18 Å². The predicted octanol–water partition coefficient (Wildman–Crippen LogP) is 1.47. The lowest BCUT2D eigenvalue weighted by Crippen LogP contribution is -2.14. The molecule has 0 aliphatic heterocycles. The Hall–Kier alpha value is -0.130. The molecule has 16 heavy (non-hydrogen) atoms. The summed E-state index contributed by atoms with van der Waals surface area (Å²) in [5.74, 6) is -0.432. The summed E-state index contributed by atoms with van der Waals surface area (Å²) in [5.41, 5.74) is -0.0478. The van der Waals surface area contributed by atoms with Crippen LogP contribution in [0.25, 0.3) is 0 Å². The topological polar surface area (TPSA) is 107 Å². The number of alkyl halides is 1. The lowest BCUT2D eigenvalue weighted by molar-refractivity contribution is 0.102. The van der Waals surface area contributed by atoms with Gasteiger partial charge in [0.2, 0.25) is 22.3 Å². The van der Waals surface area contributed by atoms with Crippen molar-refractivity contribution >= 4 is 55.4 Å². The summed E-state index contributed by atoms with van der Waals surface area (Å²) >= 11 is 3.66. The monoisotopic (exact) mass is 347 g/mol. The predicted molar refractivity (Wildman–Crippen MR) is 64.7 cm³/mol. The van der Waals surface area contributed by atoms with Gasteiger partial charge in [-0.15, -0.1) is 0 Å². The zero-order valence-electron chi connectivity index (χ0n) is 7.54. The van der Waals surface area contributed by atoms with Crippen LogP contribution in [-0.2, 0) is 10.0 Å². The number of sulfonamides is 1. The van der Waals surface area contributed by atoms with Gasteiger partial charge in [-0.3, -0.25) is 9.35 Å². The maximum Gasteiger partial charge on any atom is 0.248 e. The number of thiophene rings is 1. The highest BCUT2D eigenvalue weighted by Gasteiger charge is 2.23. The maximum atomic E-state index is 11.4. The van der Waals surface area contributed by atoms with E-state index in [0.29, 0.717) is 11.3 Å². The van der Waals surface area contributed by atoms with E-state index >= 15 is 0 Å². The van der Waals surface area contributed by atoms with Gasteiger partial charge in [-0.25, -0.2) is 13.6 Å². The van der Waals surface area contributed by atoms with Crippen LogP contribution in [0.2, 0.25) is 0 Å².